The van der Waals surface area contributed by atoms with Crippen LogP contribution in [-0.2, 0) is 0 Å². The Balaban J connectivity index is 3.33. The molecule has 0 saturated heterocycles. The molecule has 0 aliphatic carbocycles. The van der Waals surface area contributed by atoms with Gasteiger partial charge in [-0.1, -0.05) is 27.5 Å². The number of rotatable bonds is 1. The van der Waals surface area contributed by atoms with E-state index in [0.717, 1.165) is 12.1 Å². The van der Waals surface area contributed by atoms with Crippen LogP contribution in [0.4, 0.5) is 8.78 Å². The topological polar surface area (TPSA) is 0 Å². The molecule has 0 aromatic heterocycles. The second-order valence-corrected chi connectivity index (χ2v) is 4.12. The van der Waals surface area contributed by atoms with Crippen LogP contribution in [-0.4, -0.2) is 0 Å². The van der Waals surface area contributed by atoms with Crippen LogP contribution in [0.5, 0.6) is 0 Å². The van der Waals surface area contributed by atoms with E-state index in [0.29, 0.717) is 0 Å². The third-order valence-corrected chi connectivity index (χ3v) is 2.32. The van der Waals surface area contributed by atoms with E-state index in [1.54, 1.807) is 6.92 Å². The van der Waals surface area contributed by atoms with E-state index in [2.05, 4.69) is 15.9 Å². The molecule has 1 aromatic rings. The number of halogens is 4. The predicted molar refractivity (Wildman–Crippen MR) is 48.7 cm³/mol. The monoisotopic (exact) mass is 254 g/mol. The lowest BCUT2D eigenvalue weighted by Gasteiger charge is -2.07. The molecule has 0 bridgehead atoms. The molecule has 0 nitrogen and oxygen atoms in total. The van der Waals surface area contributed by atoms with Gasteiger partial charge in [-0.2, -0.15) is 0 Å². The van der Waals surface area contributed by atoms with Crippen LogP contribution in [0.25, 0.3) is 0 Å². The largest absolute Gasteiger partial charge is 0.207 e. The molecule has 0 saturated carbocycles. The number of hydrogen-bond donors (Lipinski definition) is 0. The Morgan fingerprint density at radius 2 is 1.83 bits per heavy atom. The van der Waals surface area contributed by atoms with Gasteiger partial charge in [-0.3, -0.25) is 0 Å². The second-order valence-electron chi connectivity index (χ2n) is 2.37. The summed E-state index contributed by atoms with van der Waals surface area (Å²) in [4.78, 5) is -0.291. The van der Waals surface area contributed by atoms with Gasteiger partial charge in [0.05, 0.1) is 5.02 Å². The molecule has 4 heteroatoms. The van der Waals surface area contributed by atoms with Crippen molar-refractivity contribution in [3.8, 4) is 0 Å². The van der Waals surface area contributed by atoms with Gasteiger partial charge in [0.2, 0.25) is 0 Å². The minimum Gasteiger partial charge on any atom is -0.207 e. The predicted octanol–water partition coefficient (Wildman–Crippen LogP) is 4.07. The fourth-order valence-corrected chi connectivity index (χ4v) is 1.80. The number of hydrogen-bond acceptors (Lipinski definition) is 0. The molecule has 0 aliphatic heterocycles. The lowest BCUT2D eigenvalue weighted by Crippen LogP contribution is -1.94. The maximum Gasteiger partial charge on any atom is 0.142 e. The van der Waals surface area contributed by atoms with Crippen molar-refractivity contribution >= 4 is 27.5 Å². The molecule has 0 fully saturated rings. The Kier molecular flexibility index (Phi) is 3.07. The standard InChI is InChI=1S/C8H6BrClF2/c1-4(9)7-5(11)2-3-6(12)8(7)10/h2-4H,1H3. The SMILES string of the molecule is CC(Br)c1c(F)ccc(F)c1Cl. The van der Waals surface area contributed by atoms with E-state index in [4.69, 9.17) is 11.6 Å². The lowest BCUT2D eigenvalue weighted by molar-refractivity contribution is 0.587. The van der Waals surface area contributed by atoms with E-state index < -0.39 is 11.6 Å². The number of alkyl halides is 1. The van der Waals surface area contributed by atoms with Crippen molar-refractivity contribution < 1.29 is 8.78 Å². The molecule has 0 aliphatic rings. The van der Waals surface area contributed by atoms with Gasteiger partial charge in [-0.15, -0.1) is 0 Å². The fourth-order valence-electron chi connectivity index (χ4n) is 0.907. The van der Waals surface area contributed by atoms with E-state index in [-0.39, 0.29) is 15.4 Å². The quantitative estimate of drug-likeness (QED) is 0.524. The average molecular weight is 255 g/mol. The van der Waals surface area contributed by atoms with Crippen LogP contribution in [0.3, 0.4) is 0 Å². The molecule has 1 aromatic carbocycles. The summed E-state index contributed by atoms with van der Waals surface area (Å²) in [5.74, 6) is -1.09. The first-order valence-corrected chi connectivity index (χ1v) is 4.61. The first-order chi connectivity index (χ1) is 5.54. The molecule has 0 heterocycles. The van der Waals surface area contributed by atoms with Crippen molar-refractivity contribution in [2.45, 2.75) is 11.8 Å². The molecule has 0 radical (unpaired) electrons. The molecular weight excluding hydrogens is 249 g/mol. The molecule has 0 amide bonds. The Morgan fingerprint density at radius 1 is 1.33 bits per heavy atom. The van der Waals surface area contributed by atoms with Gasteiger partial charge in [0.25, 0.3) is 0 Å². The highest BCUT2D eigenvalue weighted by Crippen LogP contribution is 2.32. The molecule has 66 valence electrons. The average Bonchev–Trinajstić information content (AvgIpc) is 1.97. The van der Waals surface area contributed by atoms with E-state index in [1.807, 2.05) is 0 Å². The van der Waals surface area contributed by atoms with Crippen LogP contribution in [0.15, 0.2) is 12.1 Å². The van der Waals surface area contributed by atoms with Crippen molar-refractivity contribution in [1.82, 2.24) is 0 Å². The zero-order chi connectivity index (χ0) is 9.30. The normalized spacial score (nSPS) is 13.1. The van der Waals surface area contributed by atoms with Crippen LogP contribution in [0.2, 0.25) is 5.02 Å². The molecule has 0 spiro atoms. The van der Waals surface area contributed by atoms with Gasteiger partial charge >= 0.3 is 0 Å². The fraction of sp³-hybridized carbons (Fsp3) is 0.250. The maximum atomic E-state index is 13.0. The van der Waals surface area contributed by atoms with Crippen molar-refractivity contribution in [1.29, 1.82) is 0 Å². The smallest absolute Gasteiger partial charge is 0.142 e. The first kappa shape index (κ1) is 9.93. The highest BCUT2D eigenvalue weighted by molar-refractivity contribution is 9.09. The number of benzene rings is 1. The third-order valence-electron chi connectivity index (χ3n) is 1.48. The minimum absolute atomic E-state index is 0.153. The highest BCUT2D eigenvalue weighted by Gasteiger charge is 2.15. The van der Waals surface area contributed by atoms with Crippen molar-refractivity contribution in [2.75, 3.05) is 0 Å². The van der Waals surface area contributed by atoms with Gasteiger partial charge in [0.1, 0.15) is 11.6 Å². The molecule has 1 unspecified atom stereocenters. The van der Waals surface area contributed by atoms with Gasteiger partial charge in [-0.25, -0.2) is 8.78 Å². The second kappa shape index (κ2) is 3.71. The van der Waals surface area contributed by atoms with E-state index >= 15 is 0 Å². The molecular formula is C8H6BrClF2. The summed E-state index contributed by atoms with van der Waals surface area (Å²) in [5.41, 5.74) is 0.164. The van der Waals surface area contributed by atoms with Gasteiger partial charge in [0, 0.05) is 10.4 Å². The van der Waals surface area contributed by atoms with Gasteiger partial charge in [-0.05, 0) is 19.1 Å². The Morgan fingerprint density at radius 3 is 2.25 bits per heavy atom. The van der Waals surface area contributed by atoms with Crippen molar-refractivity contribution in [3.63, 3.8) is 0 Å². The van der Waals surface area contributed by atoms with Crippen LogP contribution >= 0.6 is 27.5 Å². The minimum atomic E-state index is -0.598. The van der Waals surface area contributed by atoms with Crippen molar-refractivity contribution in [2.24, 2.45) is 0 Å². The summed E-state index contributed by atoms with van der Waals surface area (Å²) in [6.07, 6.45) is 0. The van der Waals surface area contributed by atoms with Crippen LogP contribution in [0.1, 0.15) is 17.3 Å². The summed E-state index contributed by atoms with van der Waals surface area (Å²) in [6.45, 7) is 1.68. The molecule has 1 rings (SSSR count). The first-order valence-electron chi connectivity index (χ1n) is 3.31. The third kappa shape index (κ3) is 1.77. The lowest BCUT2D eigenvalue weighted by atomic mass is 10.1. The summed E-state index contributed by atoms with van der Waals surface area (Å²) >= 11 is 8.68. The van der Waals surface area contributed by atoms with Crippen LogP contribution < -0.4 is 0 Å². The molecule has 1 atom stereocenters. The van der Waals surface area contributed by atoms with Gasteiger partial charge in [0.15, 0.2) is 0 Å². The summed E-state index contributed by atoms with van der Waals surface area (Å²) in [7, 11) is 0. The maximum absolute atomic E-state index is 13.0. The zero-order valence-electron chi connectivity index (χ0n) is 6.24. The molecule has 12 heavy (non-hydrogen) atoms. The van der Waals surface area contributed by atoms with Gasteiger partial charge < -0.3 is 0 Å². The zero-order valence-corrected chi connectivity index (χ0v) is 8.59. The summed E-state index contributed by atoms with van der Waals surface area (Å²) in [5, 5.41) is -0.153. The summed E-state index contributed by atoms with van der Waals surface area (Å²) < 4.78 is 25.8. The van der Waals surface area contributed by atoms with Crippen LogP contribution in [0, 0.1) is 11.6 Å². The van der Waals surface area contributed by atoms with Crippen molar-refractivity contribution in [3.05, 3.63) is 34.4 Å². The van der Waals surface area contributed by atoms with E-state index in [1.165, 1.54) is 0 Å². The Labute approximate surface area is 82.7 Å². The van der Waals surface area contributed by atoms with E-state index in [9.17, 15) is 8.78 Å². The summed E-state index contributed by atoms with van der Waals surface area (Å²) in [6, 6.07) is 2.07. The molecule has 0 N–H and O–H groups in total. The Hall–Kier alpha value is -0.150. The highest BCUT2D eigenvalue weighted by atomic mass is 79.9. The Bertz CT molecular complexity index is 299.